The van der Waals surface area contributed by atoms with Crippen LogP contribution in [0.2, 0.25) is 0 Å². The van der Waals surface area contributed by atoms with Crippen LogP contribution in [0.5, 0.6) is 0 Å². The smallest absolute Gasteiger partial charge is 0.150 e. The third-order valence-electron chi connectivity index (χ3n) is 3.12. The molecular weight excluding hydrogens is 258 g/mol. The molecule has 0 aliphatic heterocycles. The lowest BCUT2D eigenvalue weighted by Crippen LogP contribution is -2.22. The Morgan fingerprint density at radius 1 is 1.11 bits per heavy atom. The molecule has 1 aromatic carbocycles. The first-order chi connectivity index (χ1) is 9.09. The fourth-order valence-electron chi connectivity index (χ4n) is 2.24. The Balaban J connectivity index is 2.52. The van der Waals surface area contributed by atoms with E-state index in [1.165, 1.54) is 5.56 Å². The first-order valence-electron chi connectivity index (χ1n) is 7.07. The lowest BCUT2D eigenvalue weighted by Gasteiger charge is -2.18. The maximum Gasteiger partial charge on any atom is 0.150 e. The average Bonchev–Trinajstić information content (AvgIpc) is 2.38. The van der Waals surface area contributed by atoms with E-state index < -0.39 is 9.84 Å². The number of rotatable bonds is 9. The lowest BCUT2D eigenvalue weighted by atomic mass is 10.0. The minimum atomic E-state index is -2.85. The van der Waals surface area contributed by atoms with E-state index in [1.807, 2.05) is 25.1 Å². The van der Waals surface area contributed by atoms with Crippen LogP contribution in [0.3, 0.4) is 0 Å². The van der Waals surface area contributed by atoms with E-state index in [9.17, 15) is 8.42 Å². The highest BCUT2D eigenvalue weighted by Gasteiger charge is 2.13. The topological polar surface area (TPSA) is 46.2 Å². The SMILES string of the molecule is CCCS(=O)(=O)CCCC(NCC)c1ccccc1. The largest absolute Gasteiger partial charge is 0.310 e. The van der Waals surface area contributed by atoms with Gasteiger partial charge in [0, 0.05) is 11.8 Å². The van der Waals surface area contributed by atoms with Gasteiger partial charge in [0.05, 0.1) is 5.75 Å². The van der Waals surface area contributed by atoms with E-state index in [-0.39, 0.29) is 6.04 Å². The van der Waals surface area contributed by atoms with E-state index in [0.29, 0.717) is 17.9 Å². The van der Waals surface area contributed by atoms with Crippen LogP contribution in [-0.4, -0.2) is 26.5 Å². The average molecular weight is 283 g/mol. The van der Waals surface area contributed by atoms with Crippen molar-refractivity contribution in [3.05, 3.63) is 35.9 Å². The zero-order chi connectivity index (χ0) is 14.1. The summed E-state index contributed by atoms with van der Waals surface area (Å²) in [5.41, 5.74) is 1.23. The minimum Gasteiger partial charge on any atom is -0.310 e. The maximum absolute atomic E-state index is 11.7. The molecule has 0 heterocycles. The summed E-state index contributed by atoms with van der Waals surface area (Å²) in [4.78, 5) is 0. The van der Waals surface area contributed by atoms with E-state index in [2.05, 4.69) is 24.4 Å². The van der Waals surface area contributed by atoms with Gasteiger partial charge in [0.1, 0.15) is 9.84 Å². The second kappa shape index (κ2) is 8.33. The van der Waals surface area contributed by atoms with Crippen molar-refractivity contribution in [3.8, 4) is 0 Å². The number of nitrogens with one attached hydrogen (secondary N) is 1. The summed E-state index contributed by atoms with van der Waals surface area (Å²) in [7, 11) is -2.85. The number of hydrogen-bond acceptors (Lipinski definition) is 3. The molecule has 108 valence electrons. The van der Waals surface area contributed by atoms with Gasteiger partial charge in [-0.05, 0) is 31.4 Å². The monoisotopic (exact) mass is 283 g/mol. The second-order valence-corrected chi connectivity index (χ2v) is 7.12. The fraction of sp³-hybridized carbons (Fsp3) is 0.600. The zero-order valence-electron chi connectivity index (χ0n) is 11.9. The molecule has 0 saturated heterocycles. The van der Waals surface area contributed by atoms with Gasteiger partial charge in [-0.1, -0.05) is 44.2 Å². The highest BCUT2D eigenvalue weighted by Crippen LogP contribution is 2.18. The molecule has 1 unspecified atom stereocenters. The Morgan fingerprint density at radius 3 is 2.37 bits per heavy atom. The van der Waals surface area contributed by atoms with Crippen molar-refractivity contribution in [2.24, 2.45) is 0 Å². The van der Waals surface area contributed by atoms with Gasteiger partial charge in [0.15, 0.2) is 0 Å². The quantitative estimate of drug-likeness (QED) is 0.758. The zero-order valence-corrected chi connectivity index (χ0v) is 12.7. The molecule has 0 bridgehead atoms. The van der Waals surface area contributed by atoms with Crippen molar-refractivity contribution in [1.29, 1.82) is 0 Å². The molecule has 1 atom stereocenters. The highest BCUT2D eigenvalue weighted by atomic mass is 32.2. The summed E-state index contributed by atoms with van der Waals surface area (Å²) in [6.07, 6.45) is 2.29. The third-order valence-corrected chi connectivity index (χ3v) is 5.06. The van der Waals surface area contributed by atoms with E-state index in [0.717, 1.165) is 19.4 Å². The molecule has 0 amide bonds. The van der Waals surface area contributed by atoms with Gasteiger partial charge in [-0.25, -0.2) is 8.42 Å². The Labute approximate surface area is 117 Å². The minimum absolute atomic E-state index is 0.253. The molecule has 0 spiro atoms. The van der Waals surface area contributed by atoms with Crippen molar-refractivity contribution >= 4 is 9.84 Å². The molecule has 1 aromatic rings. The maximum atomic E-state index is 11.7. The van der Waals surface area contributed by atoms with E-state index in [4.69, 9.17) is 0 Å². The van der Waals surface area contributed by atoms with Gasteiger partial charge < -0.3 is 5.32 Å². The molecule has 0 fully saturated rings. The van der Waals surface area contributed by atoms with Gasteiger partial charge in [0.25, 0.3) is 0 Å². The van der Waals surface area contributed by atoms with Crippen molar-refractivity contribution in [3.63, 3.8) is 0 Å². The molecular formula is C15H25NO2S. The van der Waals surface area contributed by atoms with Gasteiger partial charge in [-0.2, -0.15) is 0 Å². The first kappa shape index (κ1) is 16.2. The standard InChI is InChI=1S/C15H25NO2S/c1-3-12-19(17,18)13-8-11-15(16-4-2)14-9-6-5-7-10-14/h5-7,9-10,15-16H,3-4,8,11-13H2,1-2H3. The molecule has 1 rings (SSSR count). The Bertz CT molecular complexity index is 442. The fourth-order valence-corrected chi connectivity index (χ4v) is 3.67. The van der Waals surface area contributed by atoms with Crippen LogP contribution in [0.25, 0.3) is 0 Å². The van der Waals surface area contributed by atoms with Crippen molar-refractivity contribution in [2.75, 3.05) is 18.1 Å². The third kappa shape index (κ3) is 6.21. The summed E-state index contributed by atoms with van der Waals surface area (Å²) in [6.45, 7) is 4.87. The molecule has 0 radical (unpaired) electrons. The molecule has 3 nitrogen and oxygen atoms in total. The number of hydrogen-bond donors (Lipinski definition) is 1. The molecule has 1 N–H and O–H groups in total. The summed E-state index contributed by atoms with van der Waals surface area (Å²) in [5, 5.41) is 3.42. The van der Waals surface area contributed by atoms with Gasteiger partial charge in [0.2, 0.25) is 0 Å². The predicted molar refractivity (Wildman–Crippen MR) is 81.0 cm³/mol. The van der Waals surface area contributed by atoms with Crippen LogP contribution in [0.4, 0.5) is 0 Å². The summed E-state index contributed by atoms with van der Waals surface area (Å²) in [6, 6.07) is 10.5. The van der Waals surface area contributed by atoms with Crippen LogP contribution in [-0.2, 0) is 9.84 Å². The highest BCUT2D eigenvalue weighted by molar-refractivity contribution is 7.91. The predicted octanol–water partition coefficient (Wildman–Crippen LogP) is 2.94. The van der Waals surface area contributed by atoms with Crippen molar-refractivity contribution < 1.29 is 8.42 Å². The Morgan fingerprint density at radius 2 is 1.79 bits per heavy atom. The van der Waals surface area contributed by atoms with E-state index >= 15 is 0 Å². The number of sulfone groups is 1. The van der Waals surface area contributed by atoms with Crippen LogP contribution >= 0.6 is 0 Å². The van der Waals surface area contributed by atoms with Gasteiger partial charge in [-0.3, -0.25) is 0 Å². The molecule has 0 aliphatic carbocycles. The molecule has 0 aliphatic rings. The van der Waals surface area contributed by atoms with Crippen molar-refractivity contribution in [1.82, 2.24) is 5.32 Å². The van der Waals surface area contributed by atoms with Crippen LogP contribution in [0.1, 0.15) is 44.7 Å². The molecule has 4 heteroatoms. The van der Waals surface area contributed by atoms with Crippen LogP contribution in [0.15, 0.2) is 30.3 Å². The van der Waals surface area contributed by atoms with Gasteiger partial charge in [-0.15, -0.1) is 0 Å². The first-order valence-corrected chi connectivity index (χ1v) is 8.90. The molecule has 0 aromatic heterocycles. The van der Waals surface area contributed by atoms with Gasteiger partial charge >= 0.3 is 0 Å². The Kier molecular flexibility index (Phi) is 7.10. The summed E-state index contributed by atoms with van der Waals surface area (Å²) < 4.78 is 23.4. The lowest BCUT2D eigenvalue weighted by molar-refractivity contribution is 0.506. The molecule has 0 saturated carbocycles. The van der Waals surface area contributed by atoms with Crippen molar-refractivity contribution in [2.45, 2.75) is 39.2 Å². The summed E-state index contributed by atoms with van der Waals surface area (Å²) in [5.74, 6) is 0.611. The summed E-state index contributed by atoms with van der Waals surface area (Å²) >= 11 is 0. The van der Waals surface area contributed by atoms with Crippen LogP contribution in [0, 0.1) is 0 Å². The van der Waals surface area contributed by atoms with Crippen LogP contribution < -0.4 is 5.32 Å². The normalized spacial score (nSPS) is 13.4. The second-order valence-electron chi connectivity index (χ2n) is 4.81. The molecule has 19 heavy (non-hydrogen) atoms. The number of benzene rings is 1. The van der Waals surface area contributed by atoms with E-state index in [1.54, 1.807) is 0 Å². The Hall–Kier alpha value is -0.870.